The maximum atomic E-state index is 13.4. The Morgan fingerprint density at radius 1 is 0.974 bits per heavy atom. The van der Waals surface area contributed by atoms with Gasteiger partial charge in [0, 0.05) is 47.6 Å². The minimum absolute atomic E-state index is 0.0337. The summed E-state index contributed by atoms with van der Waals surface area (Å²) in [6.07, 6.45) is 5.37. The van der Waals surface area contributed by atoms with Crippen molar-refractivity contribution in [3.63, 3.8) is 0 Å². The summed E-state index contributed by atoms with van der Waals surface area (Å²) in [6.45, 7) is 3.80. The maximum absolute atomic E-state index is 13.4. The number of fused-ring (bicyclic) bond motifs is 1. The topological polar surface area (TPSA) is 195 Å². The van der Waals surface area contributed by atoms with E-state index < -0.39 is 47.9 Å². The lowest BCUT2D eigenvalue weighted by Gasteiger charge is -2.26. The molecule has 3 amide bonds. The average Bonchev–Trinajstić information content (AvgIpc) is 3.55. The molecule has 1 aromatic carbocycles. The van der Waals surface area contributed by atoms with Crippen LogP contribution in [0.3, 0.4) is 0 Å². The second-order valence-electron chi connectivity index (χ2n) is 9.78. The summed E-state index contributed by atoms with van der Waals surface area (Å²) in [7, 11) is 0. The molecule has 8 N–H and O–H groups in total. The Hall–Kier alpha value is -3.84. The summed E-state index contributed by atoms with van der Waals surface area (Å²) < 4.78 is 0. The largest absolute Gasteiger partial charge is 0.480 e. The molecule has 0 bridgehead atoms. The number of amides is 3. The first-order valence-electron chi connectivity index (χ1n) is 12.6. The lowest BCUT2D eigenvalue weighted by molar-refractivity contribution is -0.141. The number of hydrogen-bond acceptors (Lipinski definition) is 7. The third-order valence-electron chi connectivity index (χ3n) is 6.20. The van der Waals surface area contributed by atoms with Gasteiger partial charge < -0.3 is 36.8 Å². The zero-order valence-electron chi connectivity index (χ0n) is 21.8. The first-order chi connectivity index (χ1) is 18.6. The van der Waals surface area contributed by atoms with Crippen LogP contribution in [-0.2, 0) is 32.0 Å². The number of nitrogens with two attached hydrogens (primary N) is 1. The number of H-pyrrole nitrogens is 2. The van der Waals surface area contributed by atoms with Crippen LogP contribution in [-0.4, -0.2) is 73.7 Å². The summed E-state index contributed by atoms with van der Waals surface area (Å²) in [5.41, 5.74) is 8.35. The van der Waals surface area contributed by atoms with Gasteiger partial charge in [-0.2, -0.15) is 12.6 Å². The van der Waals surface area contributed by atoms with E-state index in [1.54, 1.807) is 12.4 Å². The van der Waals surface area contributed by atoms with E-state index in [1.165, 1.54) is 6.33 Å². The minimum atomic E-state index is -1.24. The number of hydrogen-bond donors (Lipinski definition) is 8. The van der Waals surface area contributed by atoms with Crippen molar-refractivity contribution in [2.24, 2.45) is 11.7 Å². The van der Waals surface area contributed by atoms with Crippen LogP contribution in [0.1, 0.15) is 31.5 Å². The number of rotatable bonds is 14. The maximum Gasteiger partial charge on any atom is 0.327 e. The second kappa shape index (κ2) is 13.8. The highest BCUT2D eigenvalue weighted by molar-refractivity contribution is 7.80. The number of carbonyl (C=O) groups excluding carboxylic acids is 3. The molecule has 13 heteroatoms. The van der Waals surface area contributed by atoms with Gasteiger partial charge >= 0.3 is 5.97 Å². The summed E-state index contributed by atoms with van der Waals surface area (Å²) in [4.78, 5) is 60.9. The Kier molecular flexibility index (Phi) is 10.5. The number of carbonyl (C=O) groups is 4. The predicted octanol–water partition coefficient (Wildman–Crippen LogP) is 0.518. The van der Waals surface area contributed by atoms with Crippen LogP contribution >= 0.6 is 12.6 Å². The van der Waals surface area contributed by atoms with Crippen LogP contribution in [0.5, 0.6) is 0 Å². The van der Waals surface area contributed by atoms with Gasteiger partial charge in [-0.05, 0) is 24.0 Å². The quantitative estimate of drug-likeness (QED) is 0.132. The standard InChI is InChI=1S/C26H35N7O5S/c1-14(2)7-20(31-23(34)18(27)9-16-11-28-13-30-16)24(35)32-21(25(36)33-22(12-39)26(37)38)8-15-10-29-19-6-4-3-5-17(15)19/h3-6,10-11,13-14,18,20-22,29,39H,7-9,12,27H2,1-2H3,(H,28,30)(H,31,34)(H,32,35)(H,33,36)(H,37,38). The van der Waals surface area contributed by atoms with Crippen molar-refractivity contribution in [3.8, 4) is 0 Å². The molecule has 39 heavy (non-hydrogen) atoms. The highest BCUT2D eigenvalue weighted by Crippen LogP contribution is 2.19. The fourth-order valence-electron chi connectivity index (χ4n) is 4.17. The van der Waals surface area contributed by atoms with Crippen LogP contribution in [0.2, 0.25) is 0 Å². The smallest absolute Gasteiger partial charge is 0.327 e. The molecule has 210 valence electrons. The van der Waals surface area contributed by atoms with E-state index in [0.29, 0.717) is 12.1 Å². The SMILES string of the molecule is CC(C)CC(NC(=O)C(N)Cc1cnc[nH]1)C(=O)NC(Cc1c[nH]c2ccccc12)C(=O)NC(CS)C(=O)O. The molecule has 0 saturated carbocycles. The van der Waals surface area contributed by atoms with Crippen LogP contribution < -0.4 is 21.7 Å². The van der Waals surface area contributed by atoms with E-state index in [2.05, 4.69) is 43.5 Å². The minimum Gasteiger partial charge on any atom is -0.480 e. The molecule has 12 nitrogen and oxygen atoms in total. The van der Waals surface area contributed by atoms with E-state index in [1.807, 2.05) is 38.1 Å². The molecule has 0 aliphatic carbocycles. The molecular weight excluding hydrogens is 522 g/mol. The number of benzene rings is 1. The number of aromatic nitrogens is 3. The summed E-state index contributed by atoms with van der Waals surface area (Å²) >= 11 is 4.01. The van der Waals surface area contributed by atoms with Crippen molar-refractivity contribution in [2.75, 3.05) is 5.75 Å². The summed E-state index contributed by atoms with van der Waals surface area (Å²) in [5, 5.41) is 18.1. The van der Waals surface area contributed by atoms with Gasteiger partial charge in [-0.1, -0.05) is 32.0 Å². The van der Waals surface area contributed by atoms with Gasteiger partial charge in [-0.3, -0.25) is 14.4 Å². The van der Waals surface area contributed by atoms with Crippen LogP contribution in [0.15, 0.2) is 43.0 Å². The molecule has 0 fully saturated rings. The first kappa shape index (κ1) is 29.7. The van der Waals surface area contributed by atoms with Crippen molar-refractivity contribution in [1.29, 1.82) is 0 Å². The Labute approximate surface area is 231 Å². The Morgan fingerprint density at radius 2 is 1.64 bits per heavy atom. The van der Waals surface area contributed by atoms with Crippen LogP contribution in [0.4, 0.5) is 0 Å². The molecule has 0 aliphatic rings. The molecule has 3 aromatic rings. The predicted molar refractivity (Wildman–Crippen MR) is 149 cm³/mol. The molecule has 3 rings (SSSR count). The van der Waals surface area contributed by atoms with Gasteiger partial charge in [0.25, 0.3) is 0 Å². The van der Waals surface area contributed by atoms with Gasteiger partial charge in [0.15, 0.2) is 0 Å². The normalized spacial score (nSPS) is 14.4. The van der Waals surface area contributed by atoms with Gasteiger partial charge in [0.1, 0.15) is 18.1 Å². The third kappa shape index (κ3) is 8.32. The van der Waals surface area contributed by atoms with E-state index >= 15 is 0 Å². The Bertz CT molecular complexity index is 1280. The molecule has 4 atom stereocenters. The number of para-hydroxylation sites is 1. The fourth-order valence-corrected chi connectivity index (χ4v) is 4.41. The number of nitrogens with one attached hydrogen (secondary N) is 5. The molecule has 0 radical (unpaired) electrons. The molecule has 0 aliphatic heterocycles. The number of carboxylic acid groups (broad SMARTS) is 1. The fraction of sp³-hybridized carbons (Fsp3) is 0.423. The van der Waals surface area contributed by atoms with Crippen LogP contribution in [0, 0.1) is 5.92 Å². The van der Waals surface area contributed by atoms with Crippen LogP contribution in [0.25, 0.3) is 10.9 Å². The van der Waals surface area contributed by atoms with Crippen molar-refractivity contribution in [3.05, 3.63) is 54.2 Å². The molecule has 4 unspecified atom stereocenters. The molecule has 0 spiro atoms. The lowest BCUT2D eigenvalue weighted by atomic mass is 10.00. The number of nitrogens with zero attached hydrogens (tertiary/aromatic N) is 1. The summed E-state index contributed by atoms with van der Waals surface area (Å²) in [6, 6.07) is 3.24. The zero-order valence-corrected chi connectivity index (χ0v) is 22.7. The van der Waals surface area contributed by atoms with E-state index in [9.17, 15) is 24.3 Å². The zero-order chi connectivity index (χ0) is 28.5. The van der Waals surface area contributed by atoms with E-state index in [4.69, 9.17) is 5.73 Å². The highest BCUT2D eigenvalue weighted by Gasteiger charge is 2.31. The number of carboxylic acids is 1. The Morgan fingerprint density at radius 3 is 2.28 bits per heavy atom. The van der Waals surface area contributed by atoms with E-state index in [-0.39, 0.29) is 24.5 Å². The van der Waals surface area contributed by atoms with Crippen molar-refractivity contribution in [2.45, 2.75) is 57.3 Å². The Balaban J connectivity index is 1.80. The van der Waals surface area contributed by atoms with Gasteiger partial charge in [0.05, 0.1) is 12.4 Å². The molecule has 0 saturated heterocycles. The van der Waals surface area contributed by atoms with Crippen molar-refractivity contribution < 1.29 is 24.3 Å². The number of thiol groups is 1. The average molecular weight is 558 g/mol. The van der Waals surface area contributed by atoms with E-state index in [0.717, 1.165) is 16.5 Å². The third-order valence-corrected chi connectivity index (χ3v) is 6.57. The number of aliphatic carboxylic acids is 1. The second-order valence-corrected chi connectivity index (χ2v) is 10.2. The van der Waals surface area contributed by atoms with Crippen molar-refractivity contribution >= 4 is 47.2 Å². The first-order valence-corrected chi connectivity index (χ1v) is 13.2. The molecule has 2 heterocycles. The number of imidazole rings is 1. The van der Waals surface area contributed by atoms with Gasteiger partial charge in [-0.15, -0.1) is 0 Å². The molecule has 2 aromatic heterocycles. The number of aromatic amines is 2. The monoisotopic (exact) mass is 557 g/mol. The molecular formula is C26H35N7O5S. The lowest BCUT2D eigenvalue weighted by Crippen LogP contribution is -2.58. The highest BCUT2D eigenvalue weighted by atomic mass is 32.1. The summed E-state index contributed by atoms with van der Waals surface area (Å²) in [5.74, 6) is -3.12. The van der Waals surface area contributed by atoms with Gasteiger partial charge in [0.2, 0.25) is 17.7 Å². The van der Waals surface area contributed by atoms with Crippen molar-refractivity contribution in [1.82, 2.24) is 30.9 Å². The van der Waals surface area contributed by atoms with Gasteiger partial charge in [-0.25, -0.2) is 9.78 Å².